The summed E-state index contributed by atoms with van der Waals surface area (Å²) in [5.41, 5.74) is 9.84. The summed E-state index contributed by atoms with van der Waals surface area (Å²) in [4.78, 5) is 34.3. The molecule has 2 aliphatic rings. The summed E-state index contributed by atoms with van der Waals surface area (Å²) in [7, 11) is 0. The van der Waals surface area contributed by atoms with E-state index in [1.165, 1.54) is 0 Å². The van der Waals surface area contributed by atoms with Gasteiger partial charge in [0.2, 0.25) is 11.6 Å². The molecule has 2 saturated carbocycles. The summed E-state index contributed by atoms with van der Waals surface area (Å²) in [5, 5.41) is 54.4. The summed E-state index contributed by atoms with van der Waals surface area (Å²) in [6, 6.07) is 41.7. The number of pyridine rings is 2. The van der Waals surface area contributed by atoms with E-state index in [1.807, 2.05) is 147 Å². The molecule has 344 valence electrons. The van der Waals surface area contributed by atoms with Crippen LogP contribution in [0.3, 0.4) is 0 Å². The van der Waals surface area contributed by atoms with Crippen molar-refractivity contribution in [1.29, 1.82) is 0 Å². The van der Waals surface area contributed by atoms with Gasteiger partial charge in [0.25, 0.3) is 0 Å². The first-order valence-corrected chi connectivity index (χ1v) is 22.7. The Labute approximate surface area is 436 Å². The molecule has 0 radical (unpaired) electrons. The molecule has 0 amide bonds. The molecular weight excluding hydrogens is 899 g/mol. The summed E-state index contributed by atoms with van der Waals surface area (Å²) in [6.07, 6.45) is 3.83. The standard InChI is InChI=1S/2C27H21N5O3.2Li/c2*1-15-5-4-8-21-22(15)23(27(33)34)25(24(28-21)17-9-10-17)35-18-13-11-16(12-14-18)19-6-2-3-7-20(19)26-29-31-32-30-26;;/h2*2-8,11-14,17H,9-10H2,1H3,(H,33,34)(H,29,30,31,32);;/q;;2*+1/p-2. The van der Waals surface area contributed by atoms with Crippen molar-refractivity contribution in [2.24, 2.45) is 0 Å². The Morgan fingerprint density at radius 2 is 0.875 bits per heavy atom. The van der Waals surface area contributed by atoms with Crippen molar-refractivity contribution >= 4 is 33.7 Å². The van der Waals surface area contributed by atoms with E-state index in [-0.39, 0.29) is 72.2 Å². The molecular formula is C54H40Li2N10O6. The number of aryl methyl sites for hydroxylation is 2. The monoisotopic (exact) mass is 938 g/mol. The number of aromatic carboxylic acids is 2. The van der Waals surface area contributed by atoms with Crippen molar-refractivity contribution in [2.75, 3.05) is 0 Å². The number of H-pyrrole nitrogens is 2. The number of aromatic nitrogens is 10. The maximum atomic E-state index is 12.3. The molecule has 0 saturated heterocycles. The van der Waals surface area contributed by atoms with E-state index in [4.69, 9.17) is 19.4 Å². The number of nitrogens with one attached hydrogen (secondary N) is 2. The number of tetrazole rings is 2. The zero-order chi connectivity index (χ0) is 47.9. The molecule has 12 rings (SSSR count). The van der Waals surface area contributed by atoms with Crippen molar-refractivity contribution in [3.63, 3.8) is 0 Å². The van der Waals surface area contributed by atoms with Gasteiger partial charge in [-0.15, -0.1) is 20.4 Å². The molecule has 0 bridgehead atoms. The SMILES string of the molecule is Cc1cccc2nc(C3CC3)c(Oc3ccc(-c4ccccc4-c4nn[nH]n4)cc3)c(C(=O)[O-])c12.Cc1cccc2nc(C3CC3)c(Oc3ccc(-c4ccccc4-c4nn[nH]n4)cc3)c(C(=O)[O-])c12.[Li+].[Li+]. The number of aromatic amines is 2. The number of nitrogens with zero attached hydrogens (tertiary/aromatic N) is 8. The molecule has 0 unspecified atom stereocenters. The number of carboxylic acid groups (broad SMARTS) is 2. The largest absolute Gasteiger partial charge is 1.00 e. The van der Waals surface area contributed by atoms with Gasteiger partial charge in [0.1, 0.15) is 11.5 Å². The minimum absolute atomic E-state index is 0. The van der Waals surface area contributed by atoms with Crippen LogP contribution in [0.15, 0.2) is 133 Å². The molecule has 4 heterocycles. The minimum Gasteiger partial charge on any atom is -0.545 e. The number of carboxylic acids is 2. The second-order valence-corrected chi connectivity index (χ2v) is 17.3. The Hall–Kier alpha value is -7.99. The van der Waals surface area contributed by atoms with Crippen molar-refractivity contribution < 1.29 is 67.0 Å². The zero-order valence-electron chi connectivity index (χ0n) is 39.7. The van der Waals surface area contributed by atoms with Gasteiger partial charge < -0.3 is 29.3 Å². The van der Waals surface area contributed by atoms with Gasteiger partial charge in [0.15, 0.2) is 11.5 Å². The average molecular weight is 939 g/mol. The van der Waals surface area contributed by atoms with E-state index in [9.17, 15) is 19.8 Å². The van der Waals surface area contributed by atoms with E-state index < -0.39 is 11.9 Å². The Balaban J connectivity index is 0.000000173. The van der Waals surface area contributed by atoms with Gasteiger partial charge in [-0.25, -0.2) is 9.97 Å². The fourth-order valence-corrected chi connectivity index (χ4v) is 8.90. The van der Waals surface area contributed by atoms with Crippen LogP contribution >= 0.6 is 0 Å². The third-order valence-corrected chi connectivity index (χ3v) is 12.5. The van der Waals surface area contributed by atoms with Crippen molar-refractivity contribution in [3.8, 4) is 68.0 Å². The van der Waals surface area contributed by atoms with E-state index >= 15 is 0 Å². The molecule has 2 fully saturated rings. The molecule has 10 aromatic rings. The third kappa shape index (κ3) is 9.73. The molecule has 2 aliphatic carbocycles. The number of rotatable bonds is 12. The fourth-order valence-electron chi connectivity index (χ4n) is 8.90. The molecule has 0 spiro atoms. The van der Waals surface area contributed by atoms with Gasteiger partial charge >= 0.3 is 37.7 Å². The Morgan fingerprint density at radius 3 is 1.21 bits per heavy atom. The normalized spacial score (nSPS) is 12.8. The zero-order valence-corrected chi connectivity index (χ0v) is 39.7. The van der Waals surface area contributed by atoms with Gasteiger partial charge in [0, 0.05) is 33.7 Å². The second kappa shape index (κ2) is 20.8. The number of carbonyl (C=O) groups excluding carboxylic acids is 2. The summed E-state index contributed by atoms with van der Waals surface area (Å²) >= 11 is 0. The number of ether oxygens (including phenoxy) is 2. The molecule has 18 heteroatoms. The number of hydrogen-bond donors (Lipinski definition) is 2. The topological polar surface area (TPSA) is 233 Å². The number of hydrogen-bond acceptors (Lipinski definition) is 14. The first kappa shape index (κ1) is 49.0. The van der Waals surface area contributed by atoms with E-state index in [1.54, 1.807) is 0 Å². The van der Waals surface area contributed by atoms with Crippen LogP contribution in [0.25, 0.3) is 66.8 Å². The van der Waals surface area contributed by atoms with Crippen molar-refractivity contribution in [2.45, 2.75) is 51.4 Å². The number of fused-ring (bicyclic) bond motifs is 2. The van der Waals surface area contributed by atoms with Crippen molar-refractivity contribution in [1.82, 2.24) is 51.2 Å². The molecule has 6 aromatic carbocycles. The summed E-state index contributed by atoms with van der Waals surface area (Å²) < 4.78 is 12.5. The van der Waals surface area contributed by atoms with Gasteiger partial charge in [-0.1, -0.05) is 97.1 Å². The van der Waals surface area contributed by atoms with Gasteiger partial charge in [-0.2, -0.15) is 10.4 Å². The van der Waals surface area contributed by atoms with E-state index in [0.29, 0.717) is 56.3 Å². The summed E-state index contributed by atoms with van der Waals surface area (Å²) in [5.74, 6) is 0.433. The van der Waals surface area contributed by atoms with Crippen LogP contribution in [0.4, 0.5) is 0 Å². The first-order valence-electron chi connectivity index (χ1n) is 22.7. The van der Waals surface area contributed by atoms with Crippen LogP contribution in [-0.4, -0.2) is 63.2 Å². The molecule has 0 atom stereocenters. The van der Waals surface area contributed by atoms with Crippen LogP contribution in [0, 0.1) is 13.8 Å². The van der Waals surface area contributed by atoms with Crippen molar-refractivity contribution in [3.05, 3.63) is 167 Å². The molecule has 72 heavy (non-hydrogen) atoms. The third-order valence-electron chi connectivity index (χ3n) is 12.5. The predicted molar refractivity (Wildman–Crippen MR) is 256 cm³/mol. The summed E-state index contributed by atoms with van der Waals surface area (Å²) in [6.45, 7) is 3.74. The number of benzene rings is 6. The first-order chi connectivity index (χ1) is 34.2. The second-order valence-electron chi connectivity index (χ2n) is 17.3. The maximum Gasteiger partial charge on any atom is 1.00 e. The Kier molecular flexibility index (Phi) is 14.1. The van der Waals surface area contributed by atoms with Crippen LogP contribution in [0.2, 0.25) is 0 Å². The minimum atomic E-state index is -1.27. The molecule has 16 nitrogen and oxygen atoms in total. The van der Waals surface area contributed by atoms with Crippen LogP contribution < -0.4 is 57.4 Å². The number of carbonyl (C=O) groups is 2. The quantitative estimate of drug-likeness (QED) is 0.168. The van der Waals surface area contributed by atoms with E-state index in [2.05, 4.69) is 41.2 Å². The Morgan fingerprint density at radius 1 is 0.500 bits per heavy atom. The Bertz CT molecular complexity index is 3370. The molecule has 2 N–H and O–H groups in total. The van der Waals surface area contributed by atoms with Gasteiger partial charge in [0.05, 0.1) is 45.5 Å². The predicted octanol–water partition coefficient (Wildman–Crippen LogP) is 2.86. The van der Waals surface area contributed by atoms with Crippen LogP contribution in [-0.2, 0) is 0 Å². The van der Waals surface area contributed by atoms with E-state index in [0.717, 1.165) is 70.2 Å². The van der Waals surface area contributed by atoms with Crippen LogP contribution in [0.1, 0.15) is 80.7 Å². The van der Waals surface area contributed by atoms with Crippen LogP contribution in [0.5, 0.6) is 23.0 Å². The fraction of sp³-hybridized carbons (Fsp3) is 0.148. The average Bonchev–Trinajstić information content (AvgIpc) is 4.29. The van der Waals surface area contributed by atoms with Gasteiger partial charge in [-0.3, -0.25) is 0 Å². The molecule has 4 aromatic heterocycles. The maximum absolute atomic E-state index is 12.3. The molecule has 0 aliphatic heterocycles. The smallest absolute Gasteiger partial charge is 0.545 e. The van der Waals surface area contributed by atoms with Gasteiger partial charge in [-0.05, 0) is 120 Å².